The third-order valence-electron chi connectivity index (χ3n) is 2.54. The first-order valence-corrected chi connectivity index (χ1v) is 5.97. The van der Waals surface area contributed by atoms with Gasteiger partial charge in [0.25, 0.3) is 0 Å². The average Bonchev–Trinajstić information content (AvgIpc) is 2.92. The van der Waals surface area contributed by atoms with Crippen molar-refractivity contribution in [3.8, 4) is 5.95 Å². The second-order valence-corrected chi connectivity index (χ2v) is 4.68. The number of hydrogen-bond donors (Lipinski definition) is 2. The molecule has 6 nitrogen and oxygen atoms in total. The van der Waals surface area contributed by atoms with Gasteiger partial charge in [0.15, 0.2) is 0 Å². The molecule has 3 aromatic rings. The Labute approximate surface area is 114 Å². The first kappa shape index (κ1) is 11.8. The van der Waals surface area contributed by atoms with Gasteiger partial charge in [0, 0.05) is 10.7 Å². The minimum atomic E-state index is -1.07. The number of halogens is 2. The maximum Gasteiger partial charge on any atom is 0.338 e. The summed E-state index contributed by atoms with van der Waals surface area (Å²) in [6, 6.07) is 2.61. The first-order chi connectivity index (χ1) is 9.04. The molecule has 0 bridgehead atoms. The van der Waals surface area contributed by atoms with Crippen molar-refractivity contribution in [3.63, 3.8) is 0 Å². The van der Waals surface area contributed by atoms with Gasteiger partial charge < -0.3 is 10.1 Å². The van der Waals surface area contributed by atoms with Crippen LogP contribution >= 0.6 is 15.9 Å². The minimum absolute atomic E-state index is 0.0469. The number of aromatic amines is 1. The van der Waals surface area contributed by atoms with Crippen LogP contribution in [0.3, 0.4) is 0 Å². The number of imidazole rings is 1. The molecule has 0 amide bonds. The first-order valence-electron chi connectivity index (χ1n) is 5.17. The second kappa shape index (κ2) is 4.16. The van der Waals surface area contributed by atoms with E-state index >= 15 is 0 Å². The highest BCUT2D eigenvalue weighted by Crippen LogP contribution is 2.24. The molecule has 0 unspecified atom stereocenters. The number of aromatic carboxylic acids is 1. The average molecular weight is 325 g/mol. The predicted molar refractivity (Wildman–Crippen MR) is 67.8 cm³/mol. The lowest BCUT2D eigenvalue weighted by Crippen LogP contribution is -1.97. The fourth-order valence-corrected chi connectivity index (χ4v) is 2.21. The molecule has 0 radical (unpaired) electrons. The second-order valence-electron chi connectivity index (χ2n) is 3.82. The lowest BCUT2D eigenvalue weighted by Gasteiger charge is -1.92. The molecule has 0 saturated heterocycles. The Kier molecular flexibility index (Phi) is 2.59. The van der Waals surface area contributed by atoms with Gasteiger partial charge in [-0.1, -0.05) is 0 Å². The molecule has 3 rings (SSSR count). The molecule has 0 aliphatic heterocycles. The lowest BCUT2D eigenvalue weighted by molar-refractivity contribution is 0.0697. The zero-order valence-electron chi connectivity index (χ0n) is 9.26. The van der Waals surface area contributed by atoms with Crippen LogP contribution < -0.4 is 0 Å². The van der Waals surface area contributed by atoms with Crippen molar-refractivity contribution in [1.82, 2.24) is 19.7 Å². The largest absolute Gasteiger partial charge is 0.478 e. The summed E-state index contributed by atoms with van der Waals surface area (Å²) in [5.41, 5.74) is 1.09. The molecule has 96 valence electrons. The summed E-state index contributed by atoms with van der Waals surface area (Å²) in [6.07, 6.45) is 2.54. The van der Waals surface area contributed by atoms with Crippen molar-refractivity contribution in [2.24, 2.45) is 0 Å². The topological polar surface area (TPSA) is 83.8 Å². The molecule has 0 fully saturated rings. The number of hydrogen-bond acceptors (Lipinski definition) is 3. The normalized spacial score (nSPS) is 11.1. The van der Waals surface area contributed by atoms with Gasteiger partial charge in [-0.05, 0) is 28.1 Å². The van der Waals surface area contributed by atoms with E-state index in [1.54, 1.807) is 0 Å². The van der Waals surface area contributed by atoms with E-state index in [1.165, 1.54) is 29.2 Å². The molecule has 2 N–H and O–H groups in total. The van der Waals surface area contributed by atoms with Crippen molar-refractivity contribution in [1.29, 1.82) is 0 Å². The van der Waals surface area contributed by atoms with Gasteiger partial charge in [-0.3, -0.25) is 0 Å². The van der Waals surface area contributed by atoms with E-state index in [0.29, 0.717) is 21.5 Å². The quantitative estimate of drug-likeness (QED) is 0.757. The SMILES string of the molecule is O=C(O)c1cnn(-c2nc3c(Br)cc(F)cc3[nH]2)c1. The van der Waals surface area contributed by atoms with Crippen molar-refractivity contribution in [2.75, 3.05) is 0 Å². The van der Waals surface area contributed by atoms with E-state index in [9.17, 15) is 9.18 Å². The summed E-state index contributed by atoms with van der Waals surface area (Å²) in [5.74, 6) is -1.16. The van der Waals surface area contributed by atoms with Crippen LogP contribution in [0.15, 0.2) is 29.0 Å². The lowest BCUT2D eigenvalue weighted by atomic mass is 10.3. The van der Waals surface area contributed by atoms with Gasteiger partial charge in [0.2, 0.25) is 5.95 Å². The van der Waals surface area contributed by atoms with Crippen LogP contribution in [-0.2, 0) is 0 Å². The fraction of sp³-hybridized carbons (Fsp3) is 0. The van der Waals surface area contributed by atoms with Crippen molar-refractivity contribution in [2.45, 2.75) is 0 Å². The number of nitrogens with one attached hydrogen (secondary N) is 1. The number of nitrogens with zero attached hydrogens (tertiary/aromatic N) is 3. The predicted octanol–water partition coefficient (Wildman–Crippen LogP) is 2.35. The Morgan fingerprint density at radius 2 is 2.26 bits per heavy atom. The molecule has 0 aliphatic carbocycles. The molecule has 8 heteroatoms. The smallest absolute Gasteiger partial charge is 0.338 e. The number of carboxylic acid groups (broad SMARTS) is 1. The van der Waals surface area contributed by atoms with Crippen LogP contribution in [0.1, 0.15) is 10.4 Å². The Morgan fingerprint density at radius 1 is 1.47 bits per heavy atom. The Hall–Kier alpha value is -2.22. The van der Waals surface area contributed by atoms with E-state index < -0.39 is 11.8 Å². The number of carboxylic acids is 1. The molecule has 2 heterocycles. The van der Waals surface area contributed by atoms with E-state index in [2.05, 4.69) is 31.0 Å². The van der Waals surface area contributed by atoms with Gasteiger partial charge in [0.1, 0.15) is 11.3 Å². The monoisotopic (exact) mass is 324 g/mol. The van der Waals surface area contributed by atoms with Crippen LogP contribution in [-0.4, -0.2) is 30.8 Å². The van der Waals surface area contributed by atoms with Crippen LogP contribution in [0, 0.1) is 5.82 Å². The number of fused-ring (bicyclic) bond motifs is 1. The highest BCUT2D eigenvalue weighted by atomic mass is 79.9. The van der Waals surface area contributed by atoms with E-state index in [4.69, 9.17) is 5.11 Å². The molecule has 19 heavy (non-hydrogen) atoms. The molecule has 2 aromatic heterocycles. The van der Waals surface area contributed by atoms with Gasteiger partial charge in [-0.25, -0.2) is 18.9 Å². The summed E-state index contributed by atoms with van der Waals surface area (Å²) in [6.45, 7) is 0. The van der Waals surface area contributed by atoms with Gasteiger partial charge in [-0.15, -0.1) is 0 Å². The van der Waals surface area contributed by atoms with Crippen LogP contribution in [0.25, 0.3) is 17.0 Å². The van der Waals surface area contributed by atoms with Crippen LogP contribution in [0.5, 0.6) is 0 Å². The summed E-state index contributed by atoms with van der Waals surface area (Å²) in [4.78, 5) is 17.9. The van der Waals surface area contributed by atoms with Gasteiger partial charge >= 0.3 is 5.97 Å². The maximum absolute atomic E-state index is 13.2. The van der Waals surface area contributed by atoms with Crippen molar-refractivity contribution >= 4 is 32.9 Å². The van der Waals surface area contributed by atoms with Gasteiger partial charge in [-0.2, -0.15) is 5.10 Å². The number of aromatic nitrogens is 4. The number of H-pyrrole nitrogens is 1. The van der Waals surface area contributed by atoms with Crippen LogP contribution in [0.4, 0.5) is 4.39 Å². The fourth-order valence-electron chi connectivity index (χ4n) is 1.69. The van der Waals surface area contributed by atoms with E-state index in [0.717, 1.165) is 0 Å². The third kappa shape index (κ3) is 1.99. The highest BCUT2D eigenvalue weighted by Gasteiger charge is 2.12. The summed E-state index contributed by atoms with van der Waals surface area (Å²) < 4.78 is 15.0. The summed E-state index contributed by atoms with van der Waals surface area (Å²) >= 11 is 3.22. The molecular weight excluding hydrogens is 319 g/mol. The molecule has 0 aliphatic rings. The Morgan fingerprint density at radius 3 is 2.95 bits per heavy atom. The Bertz CT molecular complexity index is 795. The standard InChI is InChI=1S/C11H6BrFN4O2/c12-7-1-6(13)2-8-9(7)16-11(15-8)17-4-5(3-14-17)10(18)19/h1-4H,(H,15,16)(H,18,19). The minimum Gasteiger partial charge on any atom is -0.478 e. The number of benzene rings is 1. The number of carbonyl (C=O) groups is 1. The van der Waals surface area contributed by atoms with Crippen molar-refractivity contribution in [3.05, 3.63) is 40.4 Å². The maximum atomic E-state index is 13.2. The highest BCUT2D eigenvalue weighted by molar-refractivity contribution is 9.10. The molecule has 0 spiro atoms. The Balaban J connectivity index is 2.14. The number of rotatable bonds is 2. The van der Waals surface area contributed by atoms with E-state index in [-0.39, 0.29) is 5.56 Å². The summed E-state index contributed by atoms with van der Waals surface area (Å²) in [5, 5.41) is 12.7. The van der Waals surface area contributed by atoms with Crippen molar-refractivity contribution < 1.29 is 14.3 Å². The zero-order chi connectivity index (χ0) is 13.6. The molecule has 0 atom stereocenters. The third-order valence-corrected chi connectivity index (χ3v) is 3.14. The summed E-state index contributed by atoms with van der Waals surface area (Å²) in [7, 11) is 0. The molecular formula is C11H6BrFN4O2. The van der Waals surface area contributed by atoms with E-state index in [1.807, 2.05) is 0 Å². The zero-order valence-corrected chi connectivity index (χ0v) is 10.8. The molecule has 0 saturated carbocycles. The van der Waals surface area contributed by atoms with Gasteiger partial charge in [0.05, 0.1) is 17.3 Å². The van der Waals surface area contributed by atoms with Crippen LogP contribution in [0.2, 0.25) is 0 Å². The molecule has 1 aromatic carbocycles.